The third kappa shape index (κ3) is 5.21. The minimum Gasteiger partial charge on any atom is -0.497 e. The summed E-state index contributed by atoms with van der Waals surface area (Å²) >= 11 is 0. The van der Waals surface area contributed by atoms with Crippen molar-refractivity contribution >= 4 is 16.8 Å². The number of methoxy groups -OCH3 is 1. The van der Waals surface area contributed by atoms with Gasteiger partial charge in [0.05, 0.1) is 7.11 Å². The van der Waals surface area contributed by atoms with Gasteiger partial charge in [-0.15, -0.1) is 0 Å². The highest BCUT2D eigenvalue weighted by molar-refractivity contribution is 5.98. The Hall–Kier alpha value is -3.08. The highest BCUT2D eigenvalue weighted by Gasteiger charge is 2.16. The molecule has 166 valence electrons. The molecule has 0 radical (unpaired) electrons. The summed E-state index contributed by atoms with van der Waals surface area (Å²) in [5.41, 5.74) is 7.25. The molecule has 1 fully saturated rings. The van der Waals surface area contributed by atoms with Gasteiger partial charge in [0, 0.05) is 38.5 Å². The average Bonchev–Trinajstić information content (AvgIpc) is 2.88. The summed E-state index contributed by atoms with van der Waals surface area (Å²) in [4.78, 5) is 2.43. The second-order valence-electron chi connectivity index (χ2n) is 8.06. The molecule has 0 spiro atoms. The number of nitrogens with one attached hydrogen (secondary N) is 1. The predicted molar refractivity (Wildman–Crippen MR) is 133 cm³/mol. The molecule has 1 heterocycles. The molecule has 2 N–H and O–H groups in total. The zero-order valence-electron chi connectivity index (χ0n) is 18.8. The number of rotatable bonds is 8. The number of piperazine rings is 1. The van der Waals surface area contributed by atoms with Crippen molar-refractivity contribution < 1.29 is 9.84 Å². The lowest BCUT2D eigenvalue weighted by Crippen LogP contribution is -2.43. The number of benzene rings is 3. The van der Waals surface area contributed by atoms with E-state index in [1.165, 1.54) is 28.0 Å². The van der Waals surface area contributed by atoms with Crippen LogP contribution in [0.25, 0.3) is 11.1 Å². The minimum atomic E-state index is 0.175. The Morgan fingerprint density at radius 1 is 0.844 bits per heavy atom. The zero-order chi connectivity index (χ0) is 22.2. The average molecular weight is 429 g/mol. The van der Waals surface area contributed by atoms with Crippen molar-refractivity contribution in [2.75, 3.05) is 44.8 Å². The fraction of sp³-hybridized carbons (Fsp3) is 0.286. The van der Waals surface area contributed by atoms with Crippen LogP contribution >= 0.6 is 0 Å². The maximum Gasteiger partial charge on any atom is 0.118 e. The van der Waals surface area contributed by atoms with E-state index in [1.807, 2.05) is 18.2 Å². The Kier molecular flexibility index (Phi) is 7.59. The maximum absolute atomic E-state index is 9.58. The number of hydrogen-bond acceptors (Lipinski definition) is 4. The first-order valence-electron chi connectivity index (χ1n) is 11.4. The number of nitrogens with zero attached hydrogens (tertiary/aromatic N) is 1. The number of allylic oxidation sites excluding steroid dienone is 1. The fourth-order valence-corrected chi connectivity index (χ4v) is 4.34. The van der Waals surface area contributed by atoms with Gasteiger partial charge >= 0.3 is 0 Å². The lowest BCUT2D eigenvalue weighted by molar-refractivity contribution is 0.290. The second kappa shape index (κ2) is 11.0. The Morgan fingerprint density at radius 3 is 2.06 bits per heavy atom. The van der Waals surface area contributed by atoms with Crippen LogP contribution in [0.15, 0.2) is 78.9 Å². The van der Waals surface area contributed by atoms with Gasteiger partial charge in [0.2, 0.25) is 0 Å². The summed E-state index contributed by atoms with van der Waals surface area (Å²) in [7, 11) is 1.69. The van der Waals surface area contributed by atoms with E-state index < -0.39 is 0 Å². The van der Waals surface area contributed by atoms with Crippen LogP contribution in [-0.4, -0.2) is 45.0 Å². The van der Waals surface area contributed by atoms with Gasteiger partial charge in [-0.05, 0) is 64.9 Å². The maximum atomic E-state index is 9.58. The first-order valence-corrected chi connectivity index (χ1v) is 11.4. The molecule has 32 heavy (non-hydrogen) atoms. The molecule has 3 aromatic carbocycles. The third-order valence-electron chi connectivity index (χ3n) is 6.03. The van der Waals surface area contributed by atoms with Crippen LogP contribution in [0.3, 0.4) is 0 Å². The summed E-state index contributed by atoms with van der Waals surface area (Å²) in [6.45, 7) is 4.29. The Bertz CT molecular complexity index is 1010. The summed E-state index contributed by atoms with van der Waals surface area (Å²) < 4.78 is 5.39. The van der Waals surface area contributed by atoms with Crippen LogP contribution in [0.5, 0.6) is 5.75 Å². The van der Waals surface area contributed by atoms with Gasteiger partial charge in [-0.25, -0.2) is 0 Å². The van der Waals surface area contributed by atoms with Crippen molar-refractivity contribution in [2.24, 2.45) is 0 Å². The van der Waals surface area contributed by atoms with Crippen LogP contribution < -0.4 is 15.0 Å². The van der Waals surface area contributed by atoms with Crippen molar-refractivity contribution in [1.82, 2.24) is 5.32 Å². The van der Waals surface area contributed by atoms with Crippen molar-refractivity contribution in [1.29, 1.82) is 0 Å². The molecular weight excluding hydrogens is 396 g/mol. The van der Waals surface area contributed by atoms with Gasteiger partial charge in [0.15, 0.2) is 0 Å². The Morgan fingerprint density at radius 2 is 1.47 bits per heavy atom. The van der Waals surface area contributed by atoms with Gasteiger partial charge < -0.3 is 20.1 Å². The molecule has 0 aliphatic carbocycles. The van der Waals surface area contributed by atoms with E-state index in [0.29, 0.717) is 0 Å². The fourth-order valence-electron chi connectivity index (χ4n) is 4.34. The molecule has 1 saturated heterocycles. The minimum absolute atomic E-state index is 0.175. The molecule has 0 bridgehead atoms. The topological polar surface area (TPSA) is 44.7 Å². The third-order valence-corrected chi connectivity index (χ3v) is 6.03. The highest BCUT2D eigenvalue weighted by Crippen LogP contribution is 2.36. The molecule has 1 aliphatic heterocycles. The summed E-state index contributed by atoms with van der Waals surface area (Å²) in [6.07, 6.45) is 1.53. The van der Waals surface area contributed by atoms with E-state index in [9.17, 15) is 5.11 Å². The molecule has 0 aromatic heterocycles. The quantitative estimate of drug-likeness (QED) is 0.504. The van der Waals surface area contributed by atoms with E-state index in [1.54, 1.807) is 7.11 Å². The van der Waals surface area contributed by atoms with Gasteiger partial charge in [-0.3, -0.25) is 0 Å². The standard InChI is InChI=1S/C28H32N2O2/c1-32-26-15-11-24(12-16-26)28(27(8-5-21-31)22-6-3-2-4-7-22)23-9-13-25(14-10-23)30-19-17-29-18-20-30/h2-4,6-7,9-16,29,31H,5,8,17-21H2,1H3/b28-27+. The SMILES string of the molecule is COc1ccc(/C(=C(\CCCO)c2ccccc2)c2ccc(N3CCNCC3)cc2)cc1. The zero-order valence-corrected chi connectivity index (χ0v) is 18.8. The molecule has 1 aliphatic rings. The molecule has 0 unspecified atom stereocenters. The summed E-state index contributed by atoms with van der Waals surface area (Å²) in [5, 5.41) is 13.0. The van der Waals surface area contributed by atoms with Gasteiger partial charge in [-0.2, -0.15) is 0 Å². The lowest BCUT2D eigenvalue weighted by atomic mass is 9.87. The van der Waals surface area contributed by atoms with Crippen molar-refractivity contribution in [2.45, 2.75) is 12.8 Å². The molecule has 4 rings (SSSR count). The Labute approximate surface area is 191 Å². The van der Waals surface area contributed by atoms with Crippen LogP contribution in [0.4, 0.5) is 5.69 Å². The first-order chi connectivity index (χ1) is 15.8. The smallest absolute Gasteiger partial charge is 0.118 e. The van der Waals surface area contributed by atoms with E-state index in [-0.39, 0.29) is 6.61 Å². The molecule has 4 heteroatoms. The summed E-state index contributed by atoms with van der Waals surface area (Å²) in [5.74, 6) is 0.846. The molecule has 0 saturated carbocycles. The molecule has 3 aromatic rings. The van der Waals surface area contributed by atoms with Crippen LogP contribution in [-0.2, 0) is 0 Å². The predicted octanol–water partition coefficient (Wildman–Crippen LogP) is 4.84. The second-order valence-corrected chi connectivity index (χ2v) is 8.06. The van der Waals surface area contributed by atoms with E-state index >= 15 is 0 Å². The van der Waals surface area contributed by atoms with Gasteiger partial charge in [-0.1, -0.05) is 54.6 Å². The van der Waals surface area contributed by atoms with Crippen molar-refractivity contribution in [3.63, 3.8) is 0 Å². The lowest BCUT2D eigenvalue weighted by Gasteiger charge is -2.29. The first kappa shape index (κ1) is 22.1. The molecular formula is C28H32N2O2. The highest BCUT2D eigenvalue weighted by atomic mass is 16.5. The van der Waals surface area contributed by atoms with E-state index in [2.05, 4.69) is 70.9 Å². The van der Waals surface area contributed by atoms with Gasteiger partial charge in [0.25, 0.3) is 0 Å². The van der Waals surface area contributed by atoms with Crippen molar-refractivity contribution in [3.05, 3.63) is 95.6 Å². The molecule has 0 amide bonds. The number of aliphatic hydroxyl groups excluding tert-OH is 1. The van der Waals surface area contributed by atoms with Crippen molar-refractivity contribution in [3.8, 4) is 5.75 Å². The van der Waals surface area contributed by atoms with Crippen LogP contribution in [0.2, 0.25) is 0 Å². The monoisotopic (exact) mass is 428 g/mol. The summed E-state index contributed by atoms with van der Waals surface area (Å²) in [6, 6.07) is 27.7. The number of ether oxygens (including phenoxy) is 1. The van der Waals surface area contributed by atoms with E-state index in [0.717, 1.165) is 50.3 Å². The number of aliphatic hydroxyl groups is 1. The Balaban J connectivity index is 1.81. The molecule has 0 atom stereocenters. The normalized spacial score (nSPS) is 14.8. The number of hydrogen-bond donors (Lipinski definition) is 2. The number of anilines is 1. The molecule has 4 nitrogen and oxygen atoms in total. The largest absolute Gasteiger partial charge is 0.497 e. The van der Waals surface area contributed by atoms with E-state index in [4.69, 9.17) is 4.74 Å². The van der Waals surface area contributed by atoms with Crippen LogP contribution in [0, 0.1) is 0 Å². The van der Waals surface area contributed by atoms with Gasteiger partial charge in [0.1, 0.15) is 5.75 Å². The van der Waals surface area contributed by atoms with Crippen LogP contribution in [0.1, 0.15) is 29.5 Å².